The fourth-order valence-corrected chi connectivity index (χ4v) is 2.98. The first-order valence-electron chi connectivity index (χ1n) is 7.20. The first kappa shape index (κ1) is 12.9. The van der Waals surface area contributed by atoms with E-state index in [1.807, 2.05) is 18.5 Å². The maximum Gasteiger partial charge on any atom is 0.156 e. The van der Waals surface area contributed by atoms with Gasteiger partial charge in [0.2, 0.25) is 0 Å². The van der Waals surface area contributed by atoms with E-state index in [1.54, 1.807) is 0 Å². The molecule has 1 N–H and O–H groups in total. The van der Waals surface area contributed by atoms with Crippen LogP contribution in [0.2, 0.25) is 0 Å². The van der Waals surface area contributed by atoms with Crippen molar-refractivity contribution in [2.24, 2.45) is 5.92 Å². The summed E-state index contributed by atoms with van der Waals surface area (Å²) in [4.78, 5) is 15.6. The Morgan fingerprint density at radius 1 is 1.40 bits per heavy atom. The normalized spacial score (nSPS) is 16.1. The van der Waals surface area contributed by atoms with Gasteiger partial charge in [-0.15, -0.1) is 0 Å². The van der Waals surface area contributed by atoms with Gasteiger partial charge in [-0.1, -0.05) is 31.8 Å². The lowest BCUT2D eigenvalue weighted by molar-refractivity contribution is 0.539. The third-order valence-corrected chi connectivity index (χ3v) is 4.00. The van der Waals surface area contributed by atoms with Crippen LogP contribution in [0.1, 0.15) is 36.9 Å². The van der Waals surface area contributed by atoms with Crippen molar-refractivity contribution in [3.8, 4) is 0 Å². The minimum atomic E-state index is 0.726. The van der Waals surface area contributed by atoms with Crippen LogP contribution in [0.25, 0.3) is 16.0 Å². The second-order valence-electron chi connectivity index (χ2n) is 5.45. The van der Waals surface area contributed by atoms with Crippen LogP contribution in [-0.2, 0) is 12.8 Å². The monoisotopic (exact) mass is 266 g/mol. The zero-order valence-corrected chi connectivity index (χ0v) is 11.5. The third kappa shape index (κ3) is 2.72. The summed E-state index contributed by atoms with van der Waals surface area (Å²) >= 11 is 0. The van der Waals surface area contributed by atoms with Gasteiger partial charge in [0.25, 0.3) is 0 Å². The SMILES string of the molecule is [C-]#[N+]/C=C\Cc1c[nH]c2ncc(CC3CCCC3)nc12. The van der Waals surface area contributed by atoms with Gasteiger partial charge in [0.05, 0.1) is 18.5 Å². The molecule has 2 aromatic heterocycles. The molecule has 1 fully saturated rings. The summed E-state index contributed by atoms with van der Waals surface area (Å²) in [6, 6.07) is 0. The molecule has 1 saturated carbocycles. The zero-order valence-electron chi connectivity index (χ0n) is 11.5. The van der Waals surface area contributed by atoms with Crippen LogP contribution >= 0.6 is 0 Å². The molecule has 2 heterocycles. The molecule has 0 aromatic carbocycles. The van der Waals surface area contributed by atoms with Crippen molar-refractivity contribution in [3.05, 3.63) is 47.3 Å². The number of hydrogen-bond donors (Lipinski definition) is 1. The van der Waals surface area contributed by atoms with E-state index < -0.39 is 0 Å². The molecule has 20 heavy (non-hydrogen) atoms. The number of allylic oxidation sites excluding steroid dienone is 1. The molecule has 0 saturated heterocycles. The molecule has 2 aromatic rings. The number of aromatic amines is 1. The number of aromatic nitrogens is 3. The van der Waals surface area contributed by atoms with Gasteiger partial charge in [-0.3, -0.25) is 0 Å². The number of hydrogen-bond acceptors (Lipinski definition) is 2. The van der Waals surface area contributed by atoms with Gasteiger partial charge in [-0.2, -0.15) is 0 Å². The first-order valence-corrected chi connectivity index (χ1v) is 7.20. The molecule has 0 aliphatic heterocycles. The second kappa shape index (κ2) is 5.87. The average molecular weight is 266 g/mol. The summed E-state index contributed by atoms with van der Waals surface area (Å²) in [5, 5.41) is 0. The number of H-pyrrole nitrogens is 1. The number of nitrogens with zero attached hydrogens (tertiary/aromatic N) is 3. The molecule has 0 bridgehead atoms. The molecule has 1 aliphatic carbocycles. The second-order valence-corrected chi connectivity index (χ2v) is 5.45. The van der Waals surface area contributed by atoms with E-state index in [2.05, 4.69) is 14.8 Å². The number of fused-ring (bicyclic) bond motifs is 1. The molecule has 0 unspecified atom stereocenters. The molecule has 4 heteroatoms. The first-order chi connectivity index (χ1) is 9.86. The van der Waals surface area contributed by atoms with Gasteiger partial charge in [0, 0.05) is 11.8 Å². The van der Waals surface area contributed by atoms with Crippen LogP contribution in [0.4, 0.5) is 0 Å². The smallest absolute Gasteiger partial charge is 0.156 e. The Morgan fingerprint density at radius 2 is 2.25 bits per heavy atom. The lowest BCUT2D eigenvalue weighted by Crippen LogP contribution is -2.02. The highest BCUT2D eigenvalue weighted by Crippen LogP contribution is 2.27. The van der Waals surface area contributed by atoms with Crippen molar-refractivity contribution in [3.63, 3.8) is 0 Å². The summed E-state index contributed by atoms with van der Waals surface area (Å²) in [5.41, 5.74) is 4.00. The van der Waals surface area contributed by atoms with Crippen LogP contribution in [-0.4, -0.2) is 15.0 Å². The maximum atomic E-state index is 6.76. The highest BCUT2D eigenvalue weighted by molar-refractivity contribution is 5.75. The van der Waals surface area contributed by atoms with Gasteiger partial charge in [-0.25, -0.2) is 14.8 Å². The summed E-state index contributed by atoms with van der Waals surface area (Å²) in [7, 11) is 0. The highest BCUT2D eigenvalue weighted by Gasteiger charge is 2.17. The van der Waals surface area contributed by atoms with Gasteiger partial charge >= 0.3 is 0 Å². The zero-order chi connectivity index (χ0) is 13.8. The Labute approximate surface area is 118 Å². The van der Waals surface area contributed by atoms with Crippen molar-refractivity contribution in [2.45, 2.75) is 38.5 Å². The Morgan fingerprint density at radius 3 is 3.05 bits per heavy atom. The van der Waals surface area contributed by atoms with Crippen molar-refractivity contribution in [1.29, 1.82) is 0 Å². The van der Waals surface area contributed by atoms with Crippen LogP contribution in [0, 0.1) is 12.5 Å². The fraction of sp³-hybridized carbons (Fsp3) is 0.438. The molecule has 0 spiro atoms. The Bertz CT molecular complexity index is 657. The van der Waals surface area contributed by atoms with Crippen LogP contribution < -0.4 is 0 Å². The van der Waals surface area contributed by atoms with E-state index >= 15 is 0 Å². The number of nitrogens with one attached hydrogen (secondary N) is 1. The lowest BCUT2D eigenvalue weighted by atomic mass is 10.0. The highest BCUT2D eigenvalue weighted by atomic mass is 14.9. The average Bonchev–Trinajstić information content (AvgIpc) is 3.09. The molecular formula is C16H18N4. The molecule has 102 valence electrons. The molecule has 0 amide bonds. The van der Waals surface area contributed by atoms with E-state index in [9.17, 15) is 0 Å². The molecule has 1 aliphatic rings. The van der Waals surface area contributed by atoms with Crippen LogP contribution in [0.5, 0.6) is 0 Å². The lowest BCUT2D eigenvalue weighted by Gasteiger charge is -2.07. The van der Waals surface area contributed by atoms with Gasteiger partial charge in [0.1, 0.15) is 5.52 Å². The standard InChI is InChI=1S/C16H18N4/c1-17-8-4-7-13-10-18-16-15(13)20-14(11-19-16)9-12-5-2-3-6-12/h4,8,10-12H,2-3,5-7,9H2,(H,18,19)/b8-4-. The third-order valence-electron chi connectivity index (χ3n) is 4.00. The summed E-state index contributed by atoms with van der Waals surface area (Å²) < 4.78 is 0. The van der Waals surface area contributed by atoms with E-state index in [0.29, 0.717) is 0 Å². The Hall–Kier alpha value is -2.15. The van der Waals surface area contributed by atoms with E-state index in [4.69, 9.17) is 11.6 Å². The molecular weight excluding hydrogens is 248 g/mol. The quantitative estimate of drug-likeness (QED) is 0.858. The predicted molar refractivity (Wildman–Crippen MR) is 79.0 cm³/mol. The number of rotatable bonds is 4. The summed E-state index contributed by atoms with van der Waals surface area (Å²) in [5.74, 6) is 0.783. The molecule has 4 nitrogen and oxygen atoms in total. The molecule has 3 rings (SSSR count). The minimum absolute atomic E-state index is 0.726. The van der Waals surface area contributed by atoms with Crippen molar-refractivity contribution in [1.82, 2.24) is 15.0 Å². The van der Waals surface area contributed by atoms with Crippen molar-refractivity contribution < 1.29 is 0 Å². The van der Waals surface area contributed by atoms with E-state index in [-0.39, 0.29) is 0 Å². The molecule has 0 radical (unpaired) electrons. The largest absolute Gasteiger partial charge is 0.345 e. The van der Waals surface area contributed by atoms with Crippen molar-refractivity contribution >= 4 is 11.2 Å². The van der Waals surface area contributed by atoms with E-state index in [1.165, 1.54) is 31.9 Å². The predicted octanol–water partition coefficient (Wildman–Crippen LogP) is 3.67. The summed E-state index contributed by atoms with van der Waals surface area (Å²) in [6.45, 7) is 6.76. The summed E-state index contributed by atoms with van der Waals surface area (Å²) in [6.07, 6.45) is 14.3. The van der Waals surface area contributed by atoms with Crippen molar-refractivity contribution in [2.75, 3.05) is 0 Å². The van der Waals surface area contributed by atoms with Crippen LogP contribution in [0.15, 0.2) is 24.7 Å². The minimum Gasteiger partial charge on any atom is -0.345 e. The van der Waals surface area contributed by atoms with E-state index in [0.717, 1.165) is 41.2 Å². The Kier molecular flexibility index (Phi) is 3.78. The topological polar surface area (TPSA) is 45.9 Å². The molecule has 0 atom stereocenters. The van der Waals surface area contributed by atoms with Gasteiger partial charge in [-0.05, 0) is 18.8 Å². The van der Waals surface area contributed by atoms with Gasteiger partial charge in [0.15, 0.2) is 11.8 Å². The Balaban J connectivity index is 1.82. The van der Waals surface area contributed by atoms with Gasteiger partial charge < -0.3 is 4.98 Å². The van der Waals surface area contributed by atoms with Crippen LogP contribution in [0.3, 0.4) is 0 Å². The maximum absolute atomic E-state index is 6.76. The fourth-order valence-electron chi connectivity index (χ4n) is 2.98.